The van der Waals surface area contributed by atoms with Crippen LogP contribution in [0, 0.1) is 5.82 Å². The van der Waals surface area contributed by atoms with Gasteiger partial charge in [-0.3, -0.25) is 5.32 Å². The van der Waals surface area contributed by atoms with E-state index in [1.807, 2.05) is 6.07 Å². The lowest BCUT2D eigenvalue weighted by Crippen LogP contribution is -2.17. The number of pyridine rings is 1. The molecule has 21 heavy (non-hydrogen) atoms. The molecule has 1 amide bonds. The van der Waals surface area contributed by atoms with Crippen molar-refractivity contribution in [3.8, 4) is 0 Å². The third-order valence-corrected chi connectivity index (χ3v) is 2.55. The van der Waals surface area contributed by atoms with E-state index in [4.69, 9.17) is 9.84 Å². The monoisotopic (exact) mass is 290 g/mol. The summed E-state index contributed by atoms with van der Waals surface area (Å²) in [6.07, 6.45) is 0.159. The van der Waals surface area contributed by atoms with Crippen LogP contribution in [-0.4, -0.2) is 22.2 Å². The number of hydrogen-bond acceptors (Lipinski definition) is 4. The Morgan fingerprint density at radius 1 is 1.24 bits per heavy atom. The zero-order valence-electron chi connectivity index (χ0n) is 10.7. The highest BCUT2D eigenvalue weighted by Gasteiger charge is 2.17. The van der Waals surface area contributed by atoms with E-state index in [-0.39, 0.29) is 6.61 Å². The summed E-state index contributed by atoms with van der Waals surface area (Å²) < 4.78 is 18.6. The van der Waals surface area contributed by atoms with Gasteiger partial charge >= 0.3 is 12.1 Å². The number of aromatic nitrogens is 1. The van der Waals surface area contributed by atoms with Crippen molar-refractivity contribution >= 4 is 17.9 Å². The highest BCUT2D eigenvalue weighted by molar-refractivity contribution is 5.90. The van der Waals surface area contributed by atoms with Crippen LogP contribution in [0.1, 0.15) is 15.9 Å². The molecule has 108 valence electrons. The van der Waals surface area contributed by atoms with E-state index in [0.29, 0.717) is 0 Å². The molecular formula is C14H11FN2O4. The Kier molecular flexibility index (Phi) is 4.45. The molecule has 1 aromatic carbocycles. The van der Waals surface area contributed by atoms with Crippen molar-refractivity contribution in [2.45, 2.75) is 6.61 Å². The van der Waals surface area contributed by atoms with Crippen LogP contribution in [0.25, 0.3) is 0 Å². The summed E-state index contributed by atoms with van der Waals surface area (Å²) in [4.78, 5) is 25.9. The number of rotatable bonds is 4. The van der Waals surface area contributed by atoms with Gasteiger partial charge in [0.2, 0.25) is 0 Å². The van der Waals surface area contributed by atoms with Gasteiger partial charge in [-0.25, -0.2) is 19.0 Å². The second kappa shape index (κ2) is 6.47. The normalized spacial score (nSPS) is 9.95. The fraction of sp³-hybridized carbons (Fsp3) is 0.0714. The number of halogens is 1. The molecular weight excluding hydrogens is 279 g/mol. The number of aromatic carboxylic acids is 1. The van der Waals surface area contributed by atoms with Gasteiger partial charge in [0.25, 0.3) is 0 Å². The topological polar surface area (TPSA) is 88.5 Å². The van der Waals surface area contributed by atoms with Crippen molar-refractivity contribution in [2.75, 3.05) is 5.32 Å². The minimum Gasteiger partial charge on any atom is -0.478 e. The van der Waals surface area contributed by atoms with E-state index in [1.54, 1.807) is 24.3 Å². The molecule has 0 bridgehead atoms. The molecule has 0 saturated carbocycles. The summed E-state index contributed by atoms with van der Waals surface area (Å²) in [5, 5.41) is 10.8. The lowest BCUT2D eigenvalue weighted by Gasteiger charge is -2.08. The second-order valence-corrected chi connectivity index (χ2v) is 4.01. The minimum absolute atomic E-state index is 0.00686. The number of nitrogens with zero attached hydrogens (tertiary/aromatic N) is 1. The molecule has 6 nitrogen and oxygen atoms in total. The number of hydrogen-bond donors (Lipinski definition) is 2. The smallest absolute Gasteiger partial charge is 0.413 e. The summed E-state index contributed by atoms with van der Waals surface area (Å²) in [7, 11) is 0. The number of carboxylic acid groups (broad SMARTS) is 1. The fourth-order valence-electron chi connectivity index (χ4n) is 1.55. The molecule has 0 fully saturated rings. The molecule has 0 spiro atoms. The van der Waals surface area contributed by atoms with Crippen LogP contribution in [0.5, 0.6) is 0 Å². The number of carboxylic acids is 1. The average molecular weight is 290 g/mol. The van der Waals surface area contributed by atoms with Crippen LogP contribution in [0.4, 0.5) is 15.0 Å². The Hall–Kier alpha value is -2.96. The minimum atomic E-state index is -1.45. The third kappa shape index (κ3) is 3.75. The standard InChI is InChI=1S/C14H11FN2O4/c15-11-10(13(18)19)6-7-16-12(11)17-14(20)21-8-9-4-2-1-3-5-9/h1-7H,8H2,(H,18,19)(H,16,17,20). The van der Waals surface area contributed by atoms with Gasteiger partial charge in [-0.15, -0.1) is 0 Å². The zero-order chi connectivity index (χ0) is 15.2. The van der Waals surface area contributed by atoms with Gasteiger partial charge in [0.15, 0.2) is 11.6 Å². The van der Waals surface area contributed by atoms with Gasteiger partial charge in [-0.2, -0.15) is 0 Å². The lowest BCUT2D eigenvalue weighted by molar-refractivity contribution is 0.0691. The SMILES string of the molecule is O=C(Nc1nccc(C(=O)O)c1F)OCc1ccccc1. The number of nitrogens with one attached hydrogen (secondary N) is 1. The van der Waals surface area contributed by atoms with Crippen molar-refractivity contribution in [3.05, 3.63) is 59.5 Å². The highest BCUT2D eigenvalue weighted by Crippen LogP contribution is 2.15. The summed E-state index contributed by atoms with van der Waals surface area (Å²) in [6, 6.07) is 9.91. The van der Waals surface area contributed by atoms with Crippen LogP contribution >= 0.6 is 0 Å². The molecule has 0 aliphatic heterocycles. The predicted molar refractivity (Wildman–Crippen MR) is 71.4 cm³/mol. The number of ether oxygens (including phenoxy) is 1. The molecule has 0 aliphatic carbocycles. The maximum atomic E-state index is 13.7. The quantitative estimate of drug-likeness (QED) is 0.903. The van der Waals surface area contributed by atoms with Crippen LogP contribution in [0.3, 0.4) is 0 Å². The van der Waals surface area contributed by atoms with Crippen LogP contribution in [0.15, 0.2) is 42.6 Å². The Balaban J connectivity index is 2.00. The van der Waals surface area contributed by atoms with Crippen LogP contribution < -0.4 is 5.32 Å². The third-order valence-electron chi connectivity index (χ3n) is 2.55. The zero-order valence-corrected chi connectivity index (χ0v) is 10.7. The molecule has 0 aliphatic rings. The van der Waals surface area contributed by atoms with E-state index in [2.05, 4.69) is 10.3 Å². The fourth-order valence-corrected chi connectivity index (χ4v) is 1.55. The van der Waals surface area contributed by atoms with Gasteiger partial charge in [0, 0.05) is 6.20 Å². The molecule has 0 radical (unpaired) electrons. The van der Waals surface area contributed by atoms with Crippen molar-refractivity contribution in [1.29, 1.82) is 0 Å². The molecule has 2 N–H and O–H groups in total. The first-order valence-corrected chi connectivity index (χ1v) is 5.93. The Bertz CT molecular complexity index is 661. The molecule has 0 saturated heterocycles. The Morgan fingerprint density at radius 2 is 1.95 bits per heavy atom. The van der Waals surface area contributed by atoms with Gasteiger partial charge < -0.3 is 9.84 Å². The predicted octanol–water partition coefficient (Wildman–Crippen LogP) is 2.67. The van der Waals surface area contributed by atoms with E-state index in [9.17, 15) is 14.0 Å². The highest BCUT2D eigenvalue weighted by atomic mass is 19.1. The van der Waals surface area contributed by atoms with Gasteiger partial charge in [-0.05, 0) is 11.6 Å². The van der Waals surface area contributed by atoms with Crippen LogP contribution in [0.2, 0.25) is 0 Å². The summed E-state index contributed by atoms with van der Waals surface area (Å²) in [5.41, 5.74) is 0.184. The number of amides is 1. The summed E-state index contributed by atoms with van der Waals surface area (Å²) in [5.74, 6) is -3.06. The summed E-state index contributed by atoms with van der Waals surface area (Å²) in [6.45, 7) is 0.00686. The summed E-state index contributed by atoms with van der Waals surface area (Å²) >= 11 is 0. The molecule has 0 unspecified atom stereocenters. The number of carbonyl (C=O) groups is 2. The van der Waals surface area contributed by atoms with Crippen molar-refractivity contribution in [3.63, 3.8) is 0 Å². The molecule has 7 heteroatoms. The Labute approximate surface area is 119 Å². The first-order valence-electron chi connectivity index (χ1n) is 5.93. The number of anilines is 1. The number of benzene rings is 1. The molecule has 2 aromatic rings. The van der Waals surface area contributed by atoms with Gasteiger partial charge in [-0.1, -0.05) is 30.3 Å². The van der Waals surface area contributed by atoms with Gasteiger partial charge in [0.1, 0.15) is 12.2 Å². The van der Waals surface area contributed by atoms with E-state index >= 15 is 0 Å². The largest absolute Gasteiger partial charge is 0.478 e. The Morgan fingerprint density at radius 3 is 2.62 bits per heavy atom. The first-order chi connectivity index (χ1) is 10.1. The average Bonchev–Trinajstić information content (AvgIpc) is 2.48. The molecule has 1 heterocycles. The van der Waals surface area contributed by atoms with Crippen molar-refractivity contribution in [2.24, 2.45) is 0 Å². The van der Waals surface area contributed by atoms with Gasteiger partial charge in [0.05, 0.1) is 0 Å². The first kappa shape index (κ1) is 14.4. The maximum Gasteiger partial charge on any atom is 0.413 e. The molecule has 1 aromatic heterocycles. The van der Waals surface area contributed by atoms with Crippen molar-refractivity contribution in [1.82, 2.24) is 4.98 Å². The molecule has 2 rings (SSSR count). The van der Waals surface area contributed by atoms with E-state index in [1.165, 1.54) is 0 Å². The van der Waals surface area contributed by atoms with Crippen molar-refractivity contribution < 1.29 is 23.8 Å². The maximum absolute atomic E-state index is 13.7. The number of carbonyl (C=O) groups excluding carboxylic acids is 1. The van der Waals surface area contributed by atoms with E-state index in [0.717, 1.165) is 17.8 Å². The second-order valence-electron chi connectivity index (χ2n) is 4.01. The molecule has 0 atom stereocenters. The lowest BCUT2D eigenvalue weighted by atomic mass is 10.2. The van der Waals surface area contributed by atoms with E-state index < -0.39 is 29.3 Å². The van der Waals surface area contributed by atoms with Crippen LogP contribution in [-0.2, 0) is 11.3 Å².